The Hall–Kier alpha value is -2.54. The Morgan fingerprint density at radius 3 is 2.30 bits per heavy atom. The monoisotopic (exact) mass is 523 g/mol. The maximum atomic E-state index is 13.7. The Kier molecular flexibility index (Phi) is 10.3. The summed E-state index contributed by atoms with van der Waals surface area (Å²) in [5.41, 5.74) is 2.48. The molecule has 3 aliphatic rings. The summed E-state index contributed by atoms with van der Waals surface area (Å²) in [6.45, 7) is 5.15. The number of allylic oxidation sites excluding steroid dienone is 2. The van der Waals surface area contributed by atoms with E-state index in [2.05, 4.69) is 16.9 Å². The number of hydrogen-bond acceptors (Lipinski definition) is 6. The number of thioether (sulfide) groups is 1. The number of benzene rings is 1. The maximum absolute atomic E-state index is 13.7. The van der Waals surface area contributed by atoms with Crippen LogP contribution in [0.4, 0.5) is 5.69 Å². The van der Waals surface area contributed by atoms with Gasteiger partial charge in [0.15, 0.2) is 5.71 Å². The van der Waals surface area contributed by atoms with Crippen LogP contribution in [0.3, 0.4) is 0 Å². The third kappa shape index (κ3) is 6.67. The molecule has 1 aliphatic carbocycles. The van der Waals surface area contributed by atoms with Crippen molar-refractivity contribution < 1.29 is 14.3 Å². The van der Waals surface area contributed by atoms with E-state index in [-0.39, 0.29) is 18.2 Å². The first-order valence-corrected chi connectivity index (χ1v) is 15.0. The van der Waals surface area contributed by atoms with E-state index in [0.717, 1.165) is 37.3 Å². The maximum Gasteiger partial charge on any atom is 0.359 e. The van der Waals surface area contributed by atoms with Crippen molar-refractivity contribution >= 4 is 35.0 Å². The molecule has 4 rings (SSSR count). The number of anilines is 1. The fourth-order valence-electron chi connectivity index (χ4n) is 5.25. The molecular weight excluding hydrogens is 482 g/mol. The normalized spacial score (nSPS) is 19.2. The molecule has 0 radical (unpaired) electrons. The minimum Gasteiger partial charge on any atom is -0.461 e. The largest absolute Gasteiger partial charge is 0.461 e. The highest BCUT2D eigenvalue weighted by Gasteiger charge is 2.43. The van der Waals surface area contributed by atoms with Crippen molar-refractivity contribution in [1.82, 2.24) is 4.90 Å². The predicted octanol–water partition coefficient (Wildman–Crippen LogP) is 7.53. The standard InChI is InChI=1S/C30H41N3O3S/c1-3-5-6-7-8-9-10-11-12-16-22-32-24-20-17-21-25(24)37-29(32)26-27(30(35)36-4-2)31-33(28(26)34)23-18-14-13-15-19-23/h13-15,18-19H,3-12,16-17,20-22H2,1-2H3. The van der Waals surface area contributed by atoms with Gasteiger partial charge in [0.2, 0.25) is 0 Å². The average molecular weight is 524 g/mol. The Morgan fingerprint density at radius 2 is 1.62 bits per heavy atom. The molecule has 0 bridgehead atoms. The van der Waals surface area contributed by atoms with Crippen LogP contribution in [0.1, 0.15) is 97.3 Å². The first-order valence-electron chi connectivity index (χ1n) is 14.2. The van der Waals surface area contributed by atoms with E-state index >= 15 is 0 Å². The van der Waals surface area contributed by atoms with Gasteiger partial charge >= 0.3 is 5.97 Å². The predicted molar refractivity (Wildman–Crippen MR) is 152 cm³/mol. The summed E-state index contributed by atoms with van der Waals surface area (Å²) < 4.78 is 5.32. The number of amides is 1. The molecule has 0 saturated heterocycles. The lowest BCUT2D eigenvalue weighted by Crippen LogP contribution is -2.28. The second kappa shape index (κ2) is 13.8. The van der Waals surface area contributed by atoms with Crippen molar-refractivity contribution in [1.29, 1.82) is 0 Å². The number of para-hydroxylation sites is 1. The van der Waals surface area contributed by atoms with Gasteiger partial charge in [0.25, 0.3) is 5.91 Å². The lowest BCUT2D eigenvalue weighted by Gasteiger charge is -2.24. The summed E-state index contributed by atoms with van der Waals surface area (Å²) in [4.78, 5) is 30.3. The highest BCUT2D eigenvalue weighted by Crippen LogP contribution is 2.51. The number of carbonyl (C=O) groups is 2. The van der Waals surface area contributed by atoms with Gasteiger partial charge in [0.1, 0.15) is 5.57 Å². The zero-order chi connectivity index (χ0) is 26.0. The van der Waals surface area contributed by atoms with E-state index in [4.69, 9.17) is 4.74 Å². The van der Waals surface area contributed by atoms with Crippen LogP contribution in [0.25, 0.3) is 0 Å². The topological polar surface area (TPSA) is 62.2 Å². The van der Waals surface area contributed by atoms with Crippen LogP contribution in [-0.2, 0) is 14.3 Å². The number of nitrogens with zero attached hydrogens (tertiary/aromatic N) is 3. The van der Waals surface area contributed by atoms with Crippen LogP contribution >= 0.6 is 11.8 Å². The Labute approximate surface area is 226 Å². The molecule has 0 saturated carbocycles. The molecule has 0 atom stereocenters. The molecule has 1 amide bonds. The lowest BCUT2D eigenvalue weighted by atomic mass is 10.1. The number of rotatable bonds is 14. The summed E-state index contributed by atoms with van der Waals surface area (Å²) in [6.07, 6.45) is 16.1. The fraction of sp³-hybridized carbons (Fsp3) is 0.567. The van der Waals surface area contributed by atoms with Gasteiger partial charge in [-0.1, -0.05) is 94.7 Å². The molecule has 1 aromatic carbocycles. The molecule has 0 unspecified atom stereocenters. The van der Waals surface area contributed by atoms with Crippen LogP contribution in [-0.4, -0.2) is 35.6 Å². The average Bonchev–Trinajstić information content (AvgIpc) is 3.59. The molecule has 1 aromatic rings. The molecular formula is C30H41N3O3S. The molecule has 7 heteroatoms. The number of ether oxygens (including phenoxy) is 1. The van der Waals surface area contributed by atoms with Crippen molar-refractivity contribution in [2.45, 2.75) is 97.3 Å². The first kappa shape index (κ1) is 27.5. The molecule has 37 heavy (non-hydrogen) atoms. The molecule has 0 fully saturated rings. The Morgan fingerprint density at radius 1 is 0.946 bits per heavy atom. The van der Waals surface area contributed by atoms with Gasteiger partial charge in [-0.2, -0.15) is 10.1 Å². The van der Waals surface area contributed by atoms with E-state index in [0.29, 0.717) is 11.3 Å². The second-order valence-corrected chi connectivity index (χ2v) is 11.0. The Balaban J connectivity index is 1.46. The van der Waals surface area contributed by atoms with E-state index in [1.807, 2.05) is 30.3 Å². The molecule has 2 aliphatic heterocycles. The van der Waals surface area contributed by atoms with Crippen LogP contribution in [0.2, 0.25) is 0 Å². The van der Waals surface area contributed by atoms with Crippen molar-refractivity contribution in [3.05, 3.63) is 51.5 Å². The van der Waals surface area contributed by atoms with Crippen molar-refractivity contribution in [2.75, 3.05) is 18.2 Å². The quantitative estimate of drug-likeness (QED) is 0.143. The molecule has 0 spiro atoms. The Bertz CT molecular complexity index is 1050. The summed E-state index contributed by atoms with van der Waals surface area (Å²) in [6, 6.07) is 9.30. The van der Waals surface area contributed by atoms with E-state index in [1.54, 1.807) is 18.7 Å². The molecule has 6 nitrogen and oxygen atoms in total. The highest BCUT2D eigenvalue weighted by atomic mass is 32.2. The first-order chi connectivity index (χ1) is 18.2. The number of hydrazone groups is 1. The summed E-state index contributed by atoms with van der Waals surface area (Å²) in [5.74, 6) is -0.797. The van der Waals surface area contributed by atoms with Crippen LogP contribution in [0.5, 0.6) is 0 Å². The molecule has 0 N–H and O–H groups in total. The van der Waals surface area contributed by atoms with Gasteiger partial charge < -0.3 is 9.64 Å². The molecule has 2 heterocycles. The smallest absolute Gasteiger partial charge is 0.359 e. The van der Waals surface area contributed by atoms with Gasteiger partial charge in [-0.3, -0.25) is 4.79 Å². The lowest BCUT2D eigenvalue weighted by molar-refractivity contribution is -0.135. The van der Waals surface area contributed by atoms with Crippen molar-refractivity contribution in [3.63, 3.8) is 0 Å². The number of unbranched alkanes of at least 4 members (excludes halogenated alkanes) is 9. The summed E-state index contributed by atoms with van der Waals surface area (Å²) in [7, 11) is 0. The summed E-state index contributed by atoms with van der Waals surface area (Å²) in [5, 5.41) is 6.68. The van der Waals surface area contributed by atoms with Gasteiger partial charge in [-0.25, -0.2) is 4.79 Å². The van der Waals surface area contributed by atoms with Gasteiger partial charge in [-0.15, -0.1) is 0 Å². The third-order valence-corrected chi connectivity index (χ3v) is 8.50. The van der Waals surface area contributed by atoms with Crippen molar-refractivity contribution in [2.24, 2.45) is 5.10 Å². The van der Waals surface area contributed by atoms with Crippen LogP contribution in [0.15, 0.2) is 56.6 Å². The van der Waals surface area contributed by atoms with Crippen LogP contribution < -0.4 is 5.01 Å². The van der Waals surface area contributed by atoms with Gasteiger partial charge in [0, 0.05) is 17.1 Å². The van der Waals surface area contributed by atoms with Gasteiger partial charge in [0.05, 0.1) is 17.3 Å². The number of esters is 1. The summed E-state index contributed by atoms with van der Waals surface area (Å²) >= 11 is 1.66. The zero-order valence-electron chi connectivity index (χ0n) is 22.5. The highest BCUT2D eigenvalue weighted by molar-refractivity contribution is 8.07. The minimum absolute atomic E-state index is 0.118. The van der Waals surface area contributed by atoms with Crippen LogP contribution in [0, 0.1) is 0 Å². The number of hydrogen-bond donors (Lipinski definition) is 0. The second-order valence-electron chi connectivity index (χ2n) is 9.96. The zero-order valence-corrected chi connectivity index (χ0v) is 23.3. The molecule has 200 valence electrons. The fourth-order valence-corrected chi connectivity index (χ4v) is 6.66. The van der Waals surface area contributed by atoms with Crippen molar-refractivity contribution in [3.8, 4) is 0 Å². The molecule has 0 aromatic heterocycles. The van der Waals surface area contributed by atoms with E-state index < -0.39 is 5.97 Å². The number of carbonyl (C=O) groups excluding carboxylic acids is 2. The van der Waals surface area contributed by atoms with Gasteiger partial charge in [-0.05, 0) is 44.7 Å². The third-order valence-electron chi connectivity index (χ3n) is 7.19. The van der Waals surface area contributed by atoms with E-state index in [9.17, 15) is 9.59 Å². The SMILES string of the molecule is CCCCCCCCCCCCN1C2=C(CCC2)SC1=C1C(=O)N(c2ccccc2)N=C1C(=O)OCC. The van der Waals surface area contributed by atoms with E-state index in [1.165, 1.54) is 73.4 Å². The minimum atomic E-state index is -0.539.